The molecule has 1 fully saturated rings. The molecule has 1 aliphatic rings. The van der Waals surface area contributed by atoms with Crippen molar-refractivity contribution in [3.8, 4) is 17.0 Å². The number of phenolic OH excluding ortho intramolecular Hbond substituents is 1. The predicted octanol–water partition coefficient (Wildman–Crippen LogP) is 6.08. The Balaban J connectivity index is 1.61. The van der Waals surface area contributed by atoms with Crippen LogP contribution in [0.2, 0.25) is 5.02 Å². The van der Waals surface area contributed by atoms with Crippen molar-refractivity contribution in [3.05, 3.63) is 64.5 Å². The van der Waals surface area contributed by atoms with E-state index in [-0.39, 0.29) is 17.7 Å². The number of anilines is 1. The smallest absolute Gasteiger partial charge is 0.183 e. The summed E-state index contributed by atoms with van der Waals surface area (Å²) in [7, 11) is 0. The minimum Gasteiger partial charge on any atom is -0.508 e. The molecule has 0 amide bonds. The number of ketones is 1. The third-order valence-electron chi connectivity index (χ3n) is 5.18. The topological polar surface area (TPSA) is 62.2 Å². The number of hydrogen-bond acceptors (Lipinski definition) is 5. The van der Waals surface area contributed by atoms with Gasteiger partial charge in [-0.15, -0.1) is 11.3 Å². The maximum absolute atomic E-state index is 12.6. The number of hydrogen-bond donors (Lipinski definition) is 2. The molecule has 0 saturated heterocycles. The zero-order valence-electron chi connectivity index (χ0n) is 15.3. The Labute approximate surface area is 173 Å². The first-order valence-electron chi connectivity index (χ1n) is 9.40. The van der Waals surface area contributed by atoms with Gasteiger partial charge in [0, 0.05) is 28.3 Å². The van der Waals surface area contributed by atoms with Crippen LogP contribution >= 0.6 is 22.9 Å². The number of aromatic hydroxyl groups is 1. The van der Waals surface area contributed by atoms with E-state index in [2.05, 4.69) is 5.32 Å². The molecule has 1 saturated carbocycles. The summed E-state index contributed by atoms with van der Waals surface area (Å²) in [6.07, 6.45) is 3.58. The molecule has 1 aliphatic carbocycles. The van der Waals surface area contributed by atoms with Crippen LogP contribution in [-0.2, 0) is 4.79 Å². The number of halogens is 1. The van der Waals surface area contributed by atoms with Crippen LogP contribution in [-0.4, -0.2) is 15.9 Å². The molecule has 2 aromatic carbocycles. The Morgan fingerprint density at radius 1 is 1.11 bits per heavy atom. The first kappa shape index (κ1) is 19.0. The summed E-state index contributed by atoms with van der Waals surface area (Å²) >= 11 is 7.58. The van der Waals surface area contributed by atoms with Crippen LogP contribution in [0.4, 0.5) is 5.13 Å². The summed E-state index contributed by atoms with van der Waals surface area (Å²) in [5, 5.41) is 16.4. The fourth-order valence-electron chi connectivity index (χ4n) is 3.69. The van der Waals surface area contributed by atoms with E-state index < -0.39 is 0 Å². The number of carbonyl (C=O) groups is 1. The molecule has 1 aromatic heterocycles. The van der Waals surface area contributed by atoms with Crippen LogP contribution in [0.3, 0.4) is 0 Å². The summed E-state index contributed by atoms with van der Waals surface area (Å²) in [5.41, 5.74) is 2.84. The number of carbonyl (C=O) groups excluding carboxylic acids is 1. The molecule has 0 radical (unpaired) electrons. The third kappa shape index (κ3) is 4.21. The van der Waals surface area contributed by atoms with Crippen molar-refractivity contribution in [3.63, 3.8) is 0 Å². The van der Waals surface area contributed by atoms with Gasteiger partial charge in [-0.3, -0.25) is 4.79 Å². The number of Topliss-reactive ketones (excluding diaryl/α,β-unsaturated/α-hetero) is 1. The summed E-state index contributed by atoms with van der Waals surface area (Å²) < 4.78 is 0. The fourth-order valence-corrected chi connectivity index (χ4v) is 4.57. The van der Waals surface area contributed by atoms with Crippen LogP contribution in [0.15, 0.2) is 53.9 Å². The number of benzene rings is 2. The summed E-state index contributed by atoms with van der Waals surface area (Å²) in [6.45, 7) is 0. The van der Waals surface area contributed by atoms with Crippen molar-refractivity contribution in [2.75, 3.05) is 5.32 Å². The Kier molecular flexibility index (Phi) is 5.64. The van der Waals surface area contributed by atoms with Crippen molar-refractivity contribution in [1.82, 2.24) is 4.98 Å². The maximum atomic E-state index is 12.6. The van der Waals surface area contributed by atoms with E-state index in [4.69, 9.17) is 16.6 Å². The molecule has 1 heterocycles. The molecule has 2 unspecified atom stereocenters. The molecule has 4 rings (SSSR count). The zero-order chi connectivity index (χ0) is 19.5. The second-order valence-electron chi connectivity index (χ2n) is 7.08. The summed E-state index contributed by atoms with van der Waals surface area (Å²) in [5.74, 6) is 0.487. The van der Waals surface area contributed by atoms with Gasteiger partial charge in [0.25, 0.3) is 0 Å². The Bertz CT molecular complexity index is 953. The predicted molar refractivity (Wildman–Crippen MR) is 114 cm³/mol. The molecule has 144 valence electrons. The third-order valence-corrected chi connectivity index (χ3v) is 6.21. The standard InChI is InChI=1S/C22H21ClN2O2S/c23-16-9-5-15(6-10-16)21(18-3-1-2-4-20(18)27)25-22-24-19(13-28-22)14-7-11-17(26)12-8-14/h5-13,18,21,26H,1-4H2,(H,24,25). The van der Waals surface area contributed by atoms with Crippen LogP contribution in [0.1, 0.15) is 37.3 Å². The molecule has 0 spiro atoms. The molecule has 28 heavy (non-hydrogen) atoms. The molecular weight excluding hydrogens is 392 g/mol. The van der Waals surface area contributed by atoms with Gasteiger partial charge in [0.15, 0.2) is 5.13 Å². The first-order valence-corrected chi connectivity index (χ1v) is 10.7. The quantitative estimate of drug-likeness (QED) is 0.532. The molecule has 0 bridgehead atoms. The SMILES string of the molecule is O=C1CCCCC1C(Nc1nc(-c2ccc(O)cc2)cs1)c1ccc(Cl)cc1. The van der Waals surface area contributed by atoms with E-state index in [1.165, 1.54) is 11.3 Å². The second-order valence-corrected chi connectivity index (χ2v) is 8.37. The fraction of sp³-hybridized carbons (Fsp3) is 0.273. The molecular formula is C22H21ClN2O2S. The highest BCUT2D eigenvalue weighted by molar-refractivity contribution is 7.14. The molecule has 4 nitrogen and oxygen atoms in total. The summed E-state index contributed by atoms with van der Waals surface area (Å²) in [6, 6.07) is 14.6. The average molecular weight is 413 g/mol. The number of aromatic nitrogens is 1. The van der Waals surface area contributed by atoms with Crippen molar-refractivity contribution in [1.29, 1.82) is 0 Å². The van der Waals surface area contributed by atoms with Gasteiger partial charge in [-0.2, -0.15) is 0 Å². The van der Waals surface area contributed by atoms with E-state index in [9.17, 15) is 9.90 Å². The molecule has 2 atom stereocenters. The first-order chi connectivity index (χ1) is 13.6. The minimum atomic E-state index is -0.121. The van der Waals surface area contributed by atoms with Gasteiger partial charge in [-0.1, -0.05) is 30.2 Å². The largest absolute Gasteiger partial charge is 0.508 e. The number of phenols is 1. The zero-order valence-corrected chi connectivity index (χ0v) is 16.8. The Hall–Kier alpha value is -2.37. The molecule has 2 N–H and O–H groups in total. The van der Waals surface area contributed by atoms with Gasteiger partial charge >= 0.3 is 0 Å². The van der Waals surface area contributed by atoms with Crippen molar-refractivity contribution < 1.29 is 9.90 Å². The monoisotopic (exact) mass is 412 g/mol. The van der Waals surface area contributed by atoms with Gasteiger partial charge in [0.1, 0.15) is 11.5 Å². The van der Waals surface area contributed by atoms with Crippen LogP contribution < -0.4 is 5.32 Å². The normalized spacial score (nSPS) is 18.0. The molecule has 6 heteroatoms. The van der Waals surface area contributed by atoms with Crippen LogP contribution in [0.5, 0.6) is 5.75 Å². The number of nitrogens with zero attached hydrogens (tertiary/aromatic N) is 1. The maximum Gasteiger partial charge on any atom is 0.183 e. The van der Waals surface area contributed by atoms with Gasteiger partial charge < -0.3 is 10.4 Å². The molecule has 3 aromatic rings. The lowest BCUT2D eigenvalue weighted by atomic mass is 9.80. The highest BCUT2D eigenvalue weighted by atomic mass is 35.5. The summed E-state index contributed by atoms with van der Waals surface area (Å²) in [4.78, 5) is 17.3. The van der Waals surface area contributed by atoms with Crippen molar-refractivity contribution in [2.45, 2.75) is 31.7 Å². The average Bonchev–Trinajstić information content (AvgIpc) is 3.17. The van der Waals surface area contributed by atoms with E-state index in [1.807, 2.05) is 41.8 Å². The minimum absolute atomic E-state index is 0.0593. The van der Waals surface area contributed by atoms with Crippen molar-refractivity contribution >= 4 is 33.9 Å². The van der Waals surface area contributed by atoms with E-state index in [1.54, 1.807) is 12.1 Å². The Morgan fingerprint density at radius 2 is 1.86 bits per heavy atom. The molecule has 0 aliphatic heterocycles. The van der Waals surface area contributed by atoms with Gasteiger partial charge in [-0.05, 0) is 54.8 Å². The number of rotatable bonds is 5. The van der Waals surface area contributed by atoms with E-state index in [0.717, 1.165) is 41.2 Å². The number of nitrogens with one attached hydrogen (secondary N) is 1. The lowest BCUT2D eigenvalue weighted by Crippen LogP contribution is -2.30. The Morgan fingerprint density at radius 3 is 2.57 bits per heavy atom. The van der Waals surface area contributed by atoms with Crippen molar-refractivity contribution in [2.24, 2.45) is 5.92 Å². The highest BCUT2D eigenvalue weighted by Crippen LogP contribution is 2.37. The second kappa shape index (κ2) is 8.33. The van der Waals surface area contributed by atoms with Crippen LogP contribution in [0.25, 0.3) is 11.3 Å². The van der Waals surface area contributed by atoms with Gasteiger partial charge in [-0.25, -0.2) is 4.98 Å². The van der Waals surface area contributed by atoms with E-state index in [0.29, 0.717) is 17.2 Å². The lowest BCUT2D eigenvalue weighted by molar-refractivity contribution is -0.125. The highest BCUT2D eigenvalue weighted by Gasteiger charge is 2.32. The lowest BCUT2D eigenvalue weighted by Gasteiger charge is -2.30. The van der Waals surface area contributed by atoms with E-state index >= 15 is 0 Å². The van der Waals surface area contributed by atoms with Gasteiger partial charge in [0.05, 0.1) is 11.7 Å². The van der Waals surface area contributed by atoms with Gasteiger partial charge in [0.2, 0.25) is 0 Å². The number of thiazole rings is 1. The van der Waals surface area contributed by atoms with Crippen LogP contribution in [0, 0.1) is 5.92 Å².